The molecule has 1 rings (SSSR count). The zero-order valence-electron chi connectivity index (χ0n) is 5.92. The van der Waals surface area contributed by atoms with Gasteiger partial charge in [0.2, 0.25) is 0 Å². The van der Waals surface area contributed by atoms with Gasteiger partial charge in [-0.1, -0.05) is 29.8 Å². The lowest BCUT2D eigenvalue weighted by molar-refractivity contribution is -0.0521. The number of rotatable bonds is 3. The van der Waals surface area contributed by atoms with Crippen LogP contribution in [0.4, 0.5) is 0 Å². The van der Waals surface area contributed by atoms with Crippen LogP contribution < -0.4 is 0 Å². The molecule has 0 saturated heterocycles. The van der Waals surface area contributed by atoms with Crippen molar-refractivity contribution in [2.24, 2.45) is 0 Å². The summed E-state index contributed by atoms with van der Waals surface area (Å²) in [6, 6.07) is 7.29. The highest BCUT2D eigenvalue weighted by molar-refractivity contribution is 6.31. The highest BCUT2D eigenvalue weighted by atomic mass is 35.5. The van der Waals surface area contributed by atoms with Gasteiger partial charge in [0.25, 0.3) is 0 Å². The lowest BCUT2D eigenvalue weighted by atomic mass is 10.2. The van der Waals surface area contributed by atoms with Gasteiger partial charge >= 0.3 is 0 Å². The van der Waals surface area contributed by atoms with Crippen LogP contribution in [0.1, 0.15) is 5.56 Å². The van der Waals surface area contributed by atoms with Crippen molar-refractivity contribution in [1.29, 1.82) is 0 Å². The van der Waals surface area contributed by atoms with E-state index in [4.69, 9.17) is 11.6 Å². The molecule has 0 aliphatic carbocycles. The van der Waals surface area contributed by atoms with E-state index in [1.165, 1.54) is 0 Å². The van der Waals surface area contributed by atoms with E-state index < -0.39 is 6.79 Å². The van der Waals surface area contributed by atoms with Crippen molar-refractivity contribution in [3.05, 3.63) is 34.9 Å². The zero-order valence-corrected chi connectivity index (χ0v) is 6.67. The molecule has 1 aromatic carbocycles. The molecule has 0 spiro atoms. The molecule has 59 valence electrons. The van der Waals surface area contributed by atoms with Gasteiger partial charge in [-0.25, -0.2) is 5.11 Å². The number of ether oxygens (including phenoxy) is 1. The van der Waals surface area contributed by atoms with Crippen LogP contribution in [-0.4, -0.2) is 6.79 Å². The summed E-state index contributed by atoms with van der Waals surface area (Å²) in [7, 11) is 0. The van der Waals surface area contributed by atoms with Gasteiger partial charge in [-0.2, -0.15) is 0 Å². The Hall–Kier alpha value is -0.570. The molecule has 0 aliphatic rings. The van der Waals surface area contributed by atoms with E-state index in [0.29, 0.717) is 11.6 Å². The second kappa shape index (κ2) is 4.34. The minimum atomic E-state index is -0.523. The number of hydrogen-bond donors (Lipinski definition) is 0. The predicted molar refractivity (Wildman–Crippen MR) is 41.8 cm³/mol. The summed E-state index contributed by atoms with van der Waals surface area (Å²) in [4.78, 5) is 0. The van der Waals surface area contributed by atoms with E-state index >= 15 is 0 Å². The van der Waals surface area contributed by atoms with Crippen LogP contribution in [0.3, 0.4) is 0 Å². The molecule has 3 heteroatoms. The molecule has 0 N–H and O–H groups in total. The van der Waals surface area contributed by atoms with Gasteiger partial charge in [0.05, 0.1) is 6.61 Å². The predicted octanol–water partition coefficient (Wildman–Crippen LogP) is 2.24. The van der Waals surface area contributed by atoms with E-state index in [1.54, 1.807) is 6.07 Å². The Labute approximate surface area is 70.4 Å². The maximum absolute atomic E-state index is 9.95. The van der Waals surface area contributed by atoms with Crippen LogP contribution in [0.15, 0.2) is 24.3 Å². The summed E-state index contributed by atoms with van der Waals surface area (Å²) in [6.45, 7) is -0.228. The fraction of sp³-hybridized carbons (Fsp3) is 0.250. The van der Waals surface area contributed by atoms with E-state index in [1.807, 2.05) is 18.2 Å². The molecule has 0 heterocycles. The van der Waals surface area contributed by atoms with Gasteiger partial charge in [0, 0.05) is 5.02 Å². The lowest BCUT2D eigenvalue weighted by Crippen LogP contribution is -1.92. The SMILES string of the molecule is [O]COCc1ccccc1Cl. The summed E-state index contributed by atoms with van der Waals surface area (Å²) in [6.07, 6.45) is 0. The first kappa shape index (κ1) is 8.53. The molecule has 1 aromatic rings. The molecule has 0 fully saturated rings. The molecule has 0 atom stereocenters. The second-order valence-corrected chi connectivity index (χ2v) is 2.46. The second-order valence-electron chi connectivity index (χ2n) is 2.06. The van der Waals surface area contributed by atoms with Crippen molar-refractivity contribution in [2.75, 3.05) is 6.79 Å². The zero-order chi connectivity index (χ0) is 8.10. The lowest BCUT2D eigenvalue weighted by Gasteiger charge is -2.01. The van der Waals surface area contributed by atoms with Crippen molar-refractivity contribution in [2.45, 2.75) is 6.61 Å². The van der Waals surface area contributed by atoms with E-state index in [9.17, 15) is 5.11 Å². The van der Waals surface area contributed by atoms with Crippen LogP contribution in [0.5, 0.6) is 0 Å². The Balaban J connectivity index is 2.62. The Morgan fingerprint density at radius 1 is 1.36 bits per heavy atom. The smallest absolute Gasteiger partial charge is 0.181 e. The van der Waals surface area contributed by atoms with Gasteiger partial charge in [-0.05, 0) is 11.6 Å². The Morgan fingerprint density at radius 2 is 2.09 bits per heavy atom. The van der Waals surface area contributed by atoms with Crippen LogP contribution in [0, 0.1) is 0 Å². The van der Waals surface area contributed by atoms with Crippen molar-refractivity contribution >= 4 is 11.6 Å². The van der Waals surface area contributed by atoms with E-state index in [0.717, 1.165) is 5.56 Å². The average Bonchev–Trinajstić information content (AvgIpc) is 2.03. The first-order valence-electron chi connectivity index (χ1n) is 3.24. The molecule has 2 nitrogen and oxygen atoms in total. The van der Waals surface area contributed by atoms with Gasteiger partial charge in [0.1, 0.15) is 0 Å². The van der Waals surface area contributed by atoms with Crippen LogP contribution in [-0.2, 0) is 16.5 Å². The van der Waals surface area contributed by atoms with Crippen LogP contribution >= 0.6 is 11.6 Å². The first-order chi connectivity index (χ1) is 5.34. The molecule has 0 bridgehead atoms. The summed E-state index contributed by atoms with van der Waals surface area (Å²) in [5.41, 5.74) is 0.852. The highest BCUT2D eigenvalue weighted by Gasteiger charge is 1.96. The number of benzene rings is 1. The topological polar surface area (TPSA) is 29.1 Å². The normalized spacial score (nSPS) is 10.0. The monoisotopic (exact) mass is 171 g/mol. The molecular weight excluding hydrogens is 164 g/mol. The minimum Gasteiger partial charge on any atom is -0.347 e. The molecule has 1 radical (unpaired) electrons. The molecule has 0 saturated carbocycles. The third kappa shape index (κ3) is 2.50. The average molecular weight is 172 g/mol. The maximum atomic E-state index is 9.95. The molecule has 11 heavy (non-hydrogen) atoms. The maximum Gasteiger partial charge on any atom is 0.181 e. The van der Waals surface area contributed by atoms with Crippen molar-refractivity contribution in [1.82, 2.24) is 0 Å². The fourth-order valence-corrected chi connectivity index (χ4v) is 0.957. The largest absolute Gasteiger partial charge is 0.347 e. The number of hydrogen-bond acceptors (Lipinski definition) is 1. The van der Waals surface area contributed by atoms with Crippen molar-refractivity contribution < 1.29 is 9.84 Å². The van der Waals surface area contributed by atoms with Crippen molar-refractivity contribution in [3.63, 3.8) is 0 Å². The molecule has 0 unspecified atom stereocenters. The fourth-order valence-electron chi connectivity index (χ4n) is 0.767. The highest BCUT2D eigenvalue weighted by Crippen LogP contribution is 2.15. The van der Waals surface area contributed by atoms with Crippen LogP contribution in [0.25, 0.3) is 0 Å². The summed E-state index contributed by atoms with van der Waals surface area (Å²) >= 11 is 5.78. The molecule has 0 amide bonds. The van der Waals surface area contributed by atoms with E-state index in [-0.39, 0.29) is 0 Å². The summed E-state index contributed by atoms with van der Waals surface area (Å²) in [5, 5.41) is 10.6. The Morgan fingerprint density at radius 3 is 2.73 bits per heavy atom. The van der Waals surface area contributed by atoms with Crippen molar-refractivity contribution in [3.8, 4) is 0 Å². The Bertz CT molecular complexity index is 225. The number of halogens is 1. The third-order valence-electron chi connectivity index (χ3n) is 1.30. The van der Waals surface area contributed by atoms with Gasteiger partial charge in [-0.15, -0.1) is 0 Å². The first-order valence-corrected chi connectivity index (χ1v) is 3.61. The van der Waals surface area contributed by atoms with Crippen LogP contribution in [0.2, 0.25) is 5.02 Å². The third-order valence-corrected chi connectivity index (χ3v) is 1.67. The summed E-state index contributed by atoms with van der Waals surface area (Å²) in [5.74, 6) is 0. The quantitative estimate of drug-likeness (QED) is 0.642. The molecular formula is C8H8ClO2. The minimum absolute atomic E-state index is 0.295. The Kier molecular flexibility index (Phi) is 3.36. The summed E-state index contributed by atoms with van der Waals surface area (Å²) < 4.78 is 4.66. The molecule has 0 aliphatic heterocycles. The molecule has 0 aromatic heterocycles. The van der Waals surface area contributed by atoms with Gasteiger partial charge < -0.3 is 4.74 Å². The van der Waals surface area contributed by atoms with Gasteiger partial charge in [-0.3, -0.25) is 0 Å². The standard InChI is InChI=1S/C8H8ClO2/c9-8-4-2-1-3-7(8)5-11-6-10/h1-4H,5-6H2. The van der Waals surface area contributed by atoms with E-state index in [2.05, 4.69) is 4.74 Å². The van der Waals surface area contributed by atoms with Gasteiger partial charge in [0.15, 0.2) is 6.79 Å².